The van der Waals surface area contributed by atoms with Crippen LogP contribution in [0.5, 0.6) is 0 Å². The van der Waals surface area contributed by atoms with Gasteiger partial charge in [-0.15, -0.1) is 0 Å². The third-order valence-corrected chi connectivity index (χ3v) is 2.61. The first-order chi connectivity index (χ1) is 5.75. The van der Waals surface area contributed by atoms with Crippen molar-refractivity contribution in [2.24, 2.45) is 5.92 Å². The van der Waals surface area contributed by atoms with Crippen LogP contribution in [-0.4, -0.2) is 31.1 Å². The first-order valence-electron chi connectivity index (χ1n) is 4.34. The number of hydrogen-bond donors (Lipinski definition) is 1. The summed E-state index contributed by atoms with van der Waals surface area (Å²) in [6.45, 7) is 5.85. The summed E-state index contributed by atoms with van der Waals surface area (Å²) in [6, 6.07) is 0.348. The minimum Gasteiger partial charge on any atom is -0.376 e. The summed E-state index contributed by atoms with van der Waals surface area (Å²) in [7, 11) is 0. The van der Waals surface area contributed by atoms with Gasteiger partial charge in [0.2, 0.25) is 0 Å². The number of hydrogen-bond acceptors (Lipinski definition) is 3. The minimum atomic E-state index is 0.328. The molecular formula is C8H16FNOS. The van der Waals surface area contributed by atoms with E-state index in [1.807, 2.05) is 0 Å². The van der Waals surface area contributed by atoms with E-state index in [1.54, 1.807) is 0 Å². The summed E-state index contributed by atoms with van der Waals surface area (Å²) in [5, 5.41) is 3.23. The second-order valence-corrected chi connectivity index (χ2v) is 3.96. The fourth-order valence-electron chi connectivity index (χ4n) is 1.48. The Morgan fingerprint density at radius 2 is 2.50 bits per heavy atom. The summed E-state index contributed by atoms with van der Waals surface area (Å²) < 4.78 is 17.0. The molecule has 1 aliphatic rings. The average Bonchev–Trinajstić information content (AvgIpc) is 2.02. The molecule has 1 fully saturated rings. The molecule has 1 aliphatic heterocycles. The van der Waals surface area contributed by atoms with Gasteiger partial charge in [0, 0.05) is 36.4 Å². The van der Waals surface area contributed by atoms with Crippen molar-refractivity contribution < 1.29 is 8.62 Å². The van der Waals surface area contributed by atoms with Gasteiger partial charge in [-0.1, -0.05) is 6.92 Å². The molecule has 0 saturated carbocycles. The van der Waals surface area contributed by atoms with Crippen LogP contribution < -0.4 is 5.32 Å². The summed E-state index contributed by atoms with van der Waals surface area (Å²) in [5.74, 6) is 1.16. The Labute approximate surface area is 77.5 Å². The SMILES string of the molecule is CC1COC1C(C)NCCSF. The van der Waals surface area contributed by atoms with Crippen LogP contribution in [0, 0.1) is 5.92 Å². The molecule has 1 heterocycles. The van der Waals surface area contributed by atoms with Crippen LogP contribution in [0.4, 0.5) is 3.89 Å². The lowest BCUT2D eigenvalue weighted by molar-refractivity contribution is -0.120. The summed E-state index contributed by atoms with van der Waals surface area (Å²) in [6.07, 6.45) is 0.328. The summed E-state index contributed by atoms with van der Waals surface area (Å²) in [5.41, 5.74) is 0. The second-order valence-electron chi connectivity index (χ2n) is 3.33. The standard InChI is InChI=1S/C8H16FNOS/c1-6-5-11-8(6)7(2)10-3-4-12-9/h6-8,10H,3-5H2,1-2H3. The lowest BCUT2D eigenvalue weighted by Crippen LogP contribution is -2.51. The van der Waals surface area contributed by atoms with Gasteiger partial charge in [-0.2, -0.15) is 3.89 Å². The number of nitrogens with one attached hydrogen (secondary N) is 1. The molecule has 1 N–H and O–H groups in total. The highest BCUT2D eigenvalue weighted by Gasteiger charge is 2.32. The molecule has 0 radical (unpaired) electrons. The molecule has 0 bridgehead atoms. The summed E-state index contributed by atoms with van der Waals surface area (Å²) >= 11 is 0.378. The van der Waals surface area contributed by atoms with Crippen LogP contribution in [-0.2, 0) is 4.74 Å². The van der Waals surface area contributed by atoms with Crippen LogP contribution in [0.15, 0.2) is 0 Å². The smallest absolute Gasteiger partial charge is 0.0772 e. The quantitative estimate of drug-likeness (QED) is 0.670. The molecule has 3 atom stereocenters. The molecular weight excluding hydrogens is 177 g/mol. The zero-order valence-electron chi connectivity index (χ0n) is 7.55. The van der Waals surface area contributed by atoms with Gasteiger partial charge in [-0.05, 0) is 6.92 Å². The van der Waals surface area contributed by atoms with Crippen LogP contribution >= 0.6 is 12.1 Å². The molecule has 0 aromatic rings. The maximum Gasteiger partial charge on any atom is 0.0772 e. The van der Waals surface area contributed by atoms with E-state index in [-0.39, 0.29) is 0 Å². The van der Waals surface area contributed by atoms with Crippen molar-refractivity contribution in [3.63, 3.8) is 0 Å². The van der Waals surface area contributed by atoms with Gasteiger partial charge in [0.15, 0.2) is 0 Å². The largest absolute Gasteiger partial charge is 0.376 e. The van der Waals surface area contributed by atoms with E-state index in [9.17, 15) is 3.89 Å². The number of halogens is 1. The Hall–Kier alpha value is 0.200. The zero-order valence-corrected chi connectivity index (χ0v) is 8.36. The second kappa shape index (κ2) is 5.04. The number of ether oxygens (including phenoxy) is 1. The average molecular weight is 193 g/mol. The van der Waals surface area contributed by atoms with Crippen molar-refractivity contribution >= 4 is 12.1 Å². The van der Waals surface area contributed by atoms with Crippen molar-refractivity contribution in [2.45, 2.75) is 26.0 Å². The Morgan fingerprint density at radius 1 is 1.75 bits per heavy atom. The van der Waals surface area contributed by atoms with E-state index in [0.717, 1.165) is 13.2 Å². The zero-order chi connectivity index (χ0) is 8.97. The third kappa shape index (κ3) is 2.61. The lowest BCUT2D eigenvalue weighted by Gasteiger charge is -2.38. The topological polar surface area (TPSA) is 21.3 Å². The van der Waals surface area contributed by atoms with Crippen LogP contribution in [0.1, 0.15) is 13.8 Å². The van der Waals surface area contributed by atoms with Crippen molar-refractivity contribution in [3.8, 4) is 0 Å². The van der Waals surface area contributed by atoms with Gasteiger partial charge in [-0.25, -0.2) is 0 Å². The van der Waals surface area contributed by atoms with Crippen molar-refractivity contribution in [1.29, 1.82) is 0 Å². The van der Waals surface area contributed by atoms with Gasteiger partial charge in [0.05, 0.1) is 12.7 Å². The van der Waals surface area contributed by atoms with Crippen LogP contribution in [0.2, 0.25) is 0 Å². The number of rotatable bonds is 5. The molecule has 1 saturated heterocycles. The maximum absolute atomic E-state index is 11.7. The van der Waals surface area contributed by atoms with Crippen molar-refractivity contribution in [2.75, 3.05) is 18.9 Å². The molecule has 0 aromatic heterocycles. The van der Waals surface area contributed by atoms with Gasteiger partial charge in [-0.3, -0.25) is 0 Å². The van der Waals surface area contributed by atoms with Crippen LogP contribution in [0.3, 0.4) is 0 Å². The molecule has 3 unspecified atom stereocenters. The fourth-order valence-corrected chi connectivity index (χ4v) is 1.67. The highest BCUT2D eigenvalue weighted by Crippen LogP contribution is 2.22. The van der Waals surface area contributed by atoms with Crippen molar-refractivity contribution in [1.82, 2.24) is 5.32 Å². The Balaban J connectivity index is 2.06. The first-order valence-corrected chi connectivity index (χ1v) is 5.23. The predicted molar refractivity (Wildman–Crippen MR) is 49.9 cm³/mol. The molecule has 4 heteroatoms. The fraction of sp³-hybridized carbons (Fsp3) is 1.00. The van der Waals surface area contributed by atoms with Crippen molar-refractivity contribution in [3.05, 3.63) is 0 Å². The highest BCUT2D eigenvalue weighted by atomic mass is 32.2. The van der Waals surface area contributed by atoms with E-state index in [2.05, 4.69) is 19.2 Å². The van der Waals surface area contributed by atoms with E-state index in [4.69, 9.17) is 4.74 Å². The molecule has 0 spiro atoms. The predicted octanol–water partition coefficient (Wildman–Crippen LogP) is 1.62. The third-order valence-electron chi connectivity index (χ3n) is 2.25. The molecule has 2 nitrogen and oxygen atoms in total. The monoisotopic (exact) mass is 193 g/mol. The Bertz CT molecular complexity index is 136. The Morgan fingerprint density at radius 3 is 2.92 bits per heavy atom. The lowest BCUT2D eigenvalue weighted by atomic mass is 9.94. The molecule has 0 aromatic carbocycles. The maximum atomic E-state index is 11.7. The molecule has 0 aliphatic carbocycles. The van der Waals surface area contributed by atoms with Crippen LogP contribution in [0.25, 0.3) is 0 Å². The highest BCUT2D eigenvalue weighted by molar-refractivity contribution is 7.94. The van der Waals surface area contributed by atoms with E-state index in [0.29, 0.717) is 36.0 Å². The first kappa shape index (κ1) is 10.3. The molecule has 0 amide bonds. The van der Waals surface area contributed by atoms with E-state index < -0.39 is 0 Å². The van der Waals surface area contributed by atoms with Gasteiger partial charge in [0.25, 0.3) is 0 Å². The summed E-state index contributed by atoms with van der Waals surface area (Å²) in [4.78, 5) is 0. The Kier molecular flexibility index (Phi) is 4.32. The minimum absolute atomic E-state index is 0.328. The van der Waals surface area contributed by atoms with Gasteiger partial charge >= 0.3 is 0 Å². The van der Waals surface area contributed by atoms with E-state index in [1.165, 1.54) is 0 Å². The molecule has 72 valence electrons. The van der Waals surface area contributed by atoms with Gasteiger partial charge in [0.1, 0.15) is 0 Å². The molecule has 1 rings (SSSR count). The van der Waals surface area contributed by atoms with Gasteiger partial charge < -0.3 is 10.1 Å². The normalized spacial score (nSPS) is 31.2. The molecule has 12 heavy (non-hydrogen) atoms. The van der Waals surface area contributed by atoms with E-state index >= 15 is 0 Å².